The van der Waals surface area contributed by atoms with Crippen molar-refractivity contribution < 1.29 is 15.0 Å². The molecule has 9 nitrogen and oxygen atoms in total. The number of aromatic hydroxyl groups is 2. The number of nitrogens with zero attached hydrogens (tertiary/aromatic N) is 5. The van der Waals surface area contributed by atoms with Gasteiger partial charge in [0.25, 0.3) is 5.56 Å². The largest absolute Gasteiger partial charge is 0.508 e. The molecule has 0 aliphatic rings. The second-order valence-corrected chi connectivity index (χ2v) is 7.91. The van der Waals surface area contributed by atoms with Gasteiger partial charge in [-0.1, -0.05) is 30.0 Å². The third-order valence-corrected chi connectivity index (χ3v) is 5.92. The molecule has 0 fully saturated rings. The molecule has 0 bridgehead atoms. The van der Waals surface area contributed by atoms with Crippen molar-refractivity contribution in [3.05, 3.63) is 69.9 Å². The molecule has 2 aromatic heterocycles. The highest BCUT2D eigenvalue weighted by atomic mass is 32.2. The van der Waals surface area contributed by atoms with Crippen LogP contribution >= 0.6 is 11.8 Å². The summed E-state index contributed by atoms with van der Waals surface area (Å²) in [4.78, 5) is 24.7. The second-order valence-electron chi connectivity index (χ2n) is 6.97. The normalized spacial score (nSPS) is 11.2. The first kappa shape index (κ1) is 20.6. The number of thioether (sulfide) groups is 1. The number of phenols is 2. The summed E-state index contributed by atoms with van der Waals surface area (Å²) in [6.07, 6.45) is 0.366. The van der Waals surface area contributed by atoms with E-state index < -0.39 is 0 Å². The maximum atomic E-state index is 12.4. The van der Waals surface area contributed by atoms with Crippen LogP contribution in [0.25, 0.3) is 10.8 Å². The Kier molecular flexibility index (Phi) is 5.47. The highest BCUT2D eigenvalue weighted by Crippen LogP contribution is 2.26. The van der Waals surface area contributed by atoms with Gasteiger partial charge in [-0.3, -0.25) is 9.59 Å². The molecule has 0 spiro atoms. The van der Waals surface area contributed by atoms with E-state index in [4.69, 9.17) is 0 Å². The average molecular weight is 437 g/mol. The monoisotopic (exact) mass is 437 g/mol. The van der Waals surface area contributed by atoms with Crippen molar-refractivity contribution in [2.75, 3.05) is 5.75 Å². The van der Waals surface area contributed by atoms with Crippen molar-refractivity contribution in [1.82, 2.24) is 24.5 Å². The van der Waals surface area contributed by atoms with Crippen molar-refractivity contribution in [2.24, 2.45) is 14.1 Å². The molecular formula is C21H19N5O4S. The molecule has 0 saturated heterocycles. The summed E-state index contributed by atoms with van der Waals surface area (Å²) in [5, 5.41) is 33.9. The smallest absolute Gasteiger partial charge is 0.274 e. The van der Waals surface area contributed by atoms with Gasteiger partial charge in [0.05, 0.1) is 28.8 Å². The predicted molar refractivity (Wildman–Crippen MR) is 116 cm³/mol. The third kappa shape index (κ3) is 4.02. The van der Waals surface area contributed by atoms with E-state index in [2.05, 4.69) is 15.3 Å². The Hall–Kier alpha value is -3.66. The molecular weight excluding hydrogens is 418 g/mol. The number of carbonyl (C=O) groups is 1. The van der Waals surface area contributed by atoms with Gasteiger partial charge in [0, 0.05) is 25.5 Å². The molecule has 10 heteroatoms. The van der Waals surface area contributed by atoms with Crippen molar-refractivity contribution in [3.8, 4) is 11.5 Å². The topological polar surface area (TPSA) is 123 Å². The molecule has 158 valence electrons. The number of aryl methyl sites for hydroxylation is 1. The minimum atomic E-state index is -0.294. The first-order valence-corrected chi connectivity index (χ1v) is 10.3. The van der Waals surface area contributed by atoms with E-state index in [1.807, 2.05) is 18.2 Å². The zero-order chi connectivity index (χ0) is 22.1. The molecule has 2 aromatic carbocycles. The first-order valence-electron chi connectivity index (χ1n) is 9.36. The van der Waals surface area contributed by atoms with Crippen LogP contribution in [0.5, 0.6) is 11.5 Å². The molecule has 0 unspecified atom stereocenters. The van der Waals surface area contributed by atoms with Crippen molar-refractivity contribution in [1.29, 1.82) is 0 Å². The van der Waals surface area contributed by atoms with E-state index in [1.165, 1.54) is 28.6 Å². The minimum absolute atomic E-state index is 0.0470. The number of phenolic OH excluding ortho intramolecular Hbond substituents is 2. The highest BCUT2D eigenvalue weighted by Gasteiger charge is 2.17. The maximum absolute atomic E-state index is 12.4. The van der Waals surface area contributed by atoms with Gasteiger partial charge in [0.2, 0.25) is 0 Å². The molecule has 0 atom stereocenters. The Morgan fingerprint density at radius 1 is 1.06 bits per heavy atom. The number of rotatable bonds is 6. The molecule has 0 radical (unpaired) electrons. The molecule has 2 N–H and O–H groups in total. The molecule has 0 amide bonds. The standard InChI is InChI=1S/C21H19N5O4S/c1-25-19(10-16-13-5-3-4-6-14(13)20(30)26(2)24-16)22-23-21(25)31-11-18(29)15-8-7-12(27)9-17(15)28/h3-9,27-28H,10-11H2,1-2H3. The number of hydrogen-bond acceptors (Lipinski definition) is 8. The zero-order valence-electron chi connectivity index (χ0n) is 16.8. The van der Waals surface area contributed by atoms with Gasteiger partial charge in [0.15, 0.2) is 10.9 Å². The van der Waals surface area contributed by atoms with Gasteiger partial charge in [-0.05, 0) is 18.2 Å². The Balaban J connectivity index is 1.54. The van der Waals surface area contributed by atoms with E-state index in [9.17, 15) is 19.8 Å². The van der Waals surface area contributed by atoms with E-state index in [0.717, 1.165) is 11.5 Å². The summed E-state index contributed by atoms with van der Waals surface area (Å²) in [7, 11) is 3.41. The van der Waals surface area contributed by atoms with Crippen LogP contribution in [0.3, 0.4) is 0 Å². The van der Waals surface area contributed by atoms with Crippen molar-refractivity contribution >= 4 is 28.3 Å². The molecule has 0 aliphatic carbocycles. The van der Waals surface area contributed by atoms with E-state index in [-0.39, 0.29) is 34.2 Å². The van der Waals surface area contributed by atoms with Gasteiger partial charge >= 0.3 is 0 Å². The Bertz CT molecular complexity index is 1360. The quantitative estimate of drug-likeness (QED) is 0.347. The van der Waals surface area contributed by atoms with Crippen LogP contribution in [-0.2, 0) is 20.5 Å². The fourth-order valence-corrected chi connectivity index (χ4v) is 4.06. The Morgan fingerprint density at radius 2 is 1.81 bits per heavy atom. The summed E-state index contributed by atoms with van der Waals surface area (Å²) in [6.45, 7) is 0. The van der Waals surface area contributed by atoms with E-state index >= 15 is 0 Å². The molecule has 2 heterocycles. The highest BCUT2D eigenvalue weighted by molar-refractivity contribution is 7.99. The Morgan fingerprint density at radius 3 is 2.55 bits per heavy atom. The van der Waals surface area contributed by atoms with Crippen LogP contribution in [0.15, 0.2) is 52.4 Å². The van der Waals surface area contributed by atoms with Crippen LogP contribution in [0.4, 0.5) is 0 Å². The number of ketones is 1. The first-order chi connectivity index (χ1) is 14.8. The predicted octanol–water partition coefficient (Wildman–Crippen LogP) is 2.04. The fraction of sp³-hybridized carbons (Fsp3) is 0.190. The molecule has 4 aromatic rings. The Labute approximate surface area is 181 Å². The molecule has 4 rings (SSSR count). The van der Waals surface area contributed by atoms with Gasteiger partial charge in [0.1, 0.15) is 17.3 Å². The number of aromatic nitrogens is 5. The number of carbonyl (C=O) groups excluding carboxylic acids is 1. The van der Waals surface area contributed by atoms with Crippen LogP contribution in [-0.4, -0.2) is 46.3 Å². The number of Topliss-reactive ketones (excluding diaryl/α,β-unsaturated/α-hetero) is 1. The van der Waals surface area contributed by atoms with Crippen LogP contribution in [0.2, 0.25) is 0 Å². The maximum Gasteiger partial charge on any atom is 0.274 e. The zero-order valence-corrected chi connectivity index (χ0v) is 17.6. The lowest BCUT2D eigenvalue weighted by Crippen LogP contribution is -2.21. The van der Waals surface area contributed by atoms with Gasteiger partial charge in [-0.2, -0.15) is 5.10 Å². The lowest BCUT2D eigenvalue weighted by Gasteiger charge is -2.08. The van der Waals surface area contributed by atoms with Crippen LogP contribution in [0.1, 0.15) is 21.9 Å². The number of benzene rings is 2. The summed E-state index contributed by atoms with van der Waals surface area (Å²) in [6, 6.07) is 11.2. The van der Waals surface area contributed by atoms with E-state index in [1.54, 1.807) is 24.7 Å². The molecule has 31 heavy (non-hydrogen) atoms. The lowest BCUT2D eigenvalue weighted by molar-refractivity contribution is 0.102. The van der Waals surface area contributed by atoms with Crippen molar-refractivity contribution in [3.63, 3.8) is 0 Å². The second kappa shape index (κ2) is 8.23. The summed E-state index contributed by atoms with van der Waals surface area (Å²) in [5.41, 5.74) is 0.674. The fourth-order valence-electron chi connectivity index (χ4n) is 3.24. The SMILES string of the molecule is Cn1c(Cc2nn(C)c(=O)c3ccccc23)nnc1SCC(=O)c1ccc(O)cc1O. The summed E-state index contributed by atoms with van der Waals surface area (Å²) >= 11 is 1.19. The van der Waals surface area contributed by atoms with Gasteiger partial charge < -0.3 is 14.8 Å². The molecule has 0 saturated carbocycles. The van der Waals surface area contributed by atoms with Crippen LogP contribution < -0.4 is 5.56 Å². The minimum Gasteiger partial charge on any atom is -0.508 e. The summed E-state index contributed by atoms with van der Waals surface area (Å²) < 4.78 is 3.09. The van der Waals surface area contributed by atoms with Gasteiger partial charge in [-0.25, -0.2) is 4.68 Å². The average Bonchev–Trinajstić information content (AvgIpc) is 3.09. The third-order valence-electron chi connectivity index (χ3n) is 4.90. The van der Waals surface area contributed by atoms with Crippen LogP contribution in [0, 0.1) is 0 Å². The van der Waals surface area contributed by atoms with Gasteiger partial charge in [-0.15, -0.1) is 10.2 Å². The van der Waals surface area contributed by atoms with E-state index in [0.29, 0.717) is 28.5 Å². The number of hydrogen-bond donors (Lipinski definition) is 2. The summed E-state index contributed by atoms with van der Waals surface area (Å²) in [5.74, 6) is 0.0123. The number of fused-ring (bicyclic) bond motifs is 1. The van der Waals surface area contributed by atoms with Crippen molar-refractivity contribution in [2.45, 2.75) is 11.6 Å². The lowest BCUT2D eigenvalue weighted by atomic mass is 10.1. The molecule has 0 aliphatic heterocycles.